The third-order valence-electron chi connectivity index (χ3n) is 3.00. The maximum Gasteiger partial charge on any atom is 0.151 e. The number of rotatable bonds is 2. The second-order valence-electron chi connectivity index (χ2n) is 4.21. The first-order chi connectivity index (χ1) is 8.04. The van der Waals surface area contributed by atoms with Gasteiger partial charge < -0.3 is 4.57 Å². The van der Waals surface area contributed by atoms with Gasteiger partial charge in [-0.25, -0.2) is 4.39 Å². The summed E-state index contributed by atoms with van der Waals surface area (Å²) in [6.45, 7) is 5.54. The number of hydrogen-bond acceptors (Lipinski definition) is 1. The molecular weight excluding hydrogens is 217 g/mol. The first kappa shape index (κ1) is 11.6. The maximum atomic E-state index is 13.2. The molecule has 0 fully saturated rings. The van der Waals surface area contributed by atoms with Crippen LogP contribution in [-0.2, 0) is 0 Å². The zero-order valence-electron chi connectivity index (χ0n) is 10.1. The molecule has 17 heavy (non-hydrogen) atoms. The molecule has 0 aliphatic heterocycles. The Morgan fingerprint density at radius 2 is 1.88 bits per heavy atom. The molecule has 1 aromatic heterocycles. The van der Waals surface area contributed by atoms with Gasteiger partial charge in [0.25, 0.3) is 0 Å². The Labute approximate surface area is 99.7 Å². The number of nitrogens with zero attached hydrogens (tertiary/aromatic N) is 1. The van der Waals surface area contributed by atoms with Gasteiger partial charge in [-0.3, -0.25) is 4.79 Å². The topological polar surface area (TPSA) is 22.0 Å². The SMILES string of the molecule is Cc1cc(-n2c(C)cc(C=O)c2C)ccc1F. The first-order valence-electron chi connectivity index (χ1n) is 5.45. The van der Waals surface area contributed by atoms with E-state index in [2.05, 4.69) is 0 Å². The molecule has 3 heteroatoms. The lowest BCUT2D eigenvalue weighted by Gasteiger charge is -2.10. The average molecular weight is 231 g/mol. The summed E-state index contributed by atoms with van der Waals surface area (Å²) in [5.74, 6) is -0.216. The fraction of sp³-hybridized carbons (Fsp3) is 0.214. The minimum Gasteiger partial charge on any atom is -0.318 e. The summed E-state index contributed by atoms with van der Waals surface area (Å²) in [4.78, 5) is 10.9. The Hall–Kier alpha value is -1.90. The molecule has 2 nitrogen and oxygen atoms in total. The Kier molecular flexibility index (Phi) is 2.84. The van der Waals surface area contributed by atoms with Crippen LogP contribution in [0.25, 0.3) is 5.69 Å². The van der Waals surface area contributed by atoms with Crippen LogP contribution < -0.4 is 0 Å². The molecule has 0 aliphatic carbocycles. The summed E-state index contributed by atoms with van der Waals surface area (Å²) in [6, 6.07) is 6.78. The van der Waals surface area contributed by atoms with E-state index in [1.165, 1.54) is 6.07 Å². The van der Waals surface area contributed by atoms with Crippen molar-refractivity contribution in [3.8, 4) is 5.69 Å². The number of hydrogen-bond donors (Lipinski definition) is 0. The standard InChI is InChI=1S/C14H14FNO/c1-9-6-13(4-5-14(9)15)16-10(2)7-12(8-17)11(16)3/h4-8H,1-3H3. The fourth-order valence-corrected chi connectivity index (χ4v) is 2.07. The van der Waals surface area contributed by atoms with E-state index in [4.69, 9.17) is 0 Å². The van der Waals surface area contributed by atoms with Crippen LogP contribution in [0.4, 0.5) is 4.39 Å². The zero-order valence-corrected chi connectivity index (χ0v) is 10.1. The van der Waals surface area contributed by atoms with Gasteiger partial charge in [-0.2, -0.15) is 0 Å². The summed E-state index contributed by atoms with van der Waals surface area (Å²) in [7, 11) is 0. The molecule has 0 radical (unpaired) electrons. The number of aromatic nitrogens is 1. The fourth-order valence-electron chi connectivity index (χ4n) is 2.07. The van der Waals surface area contributed by atoms with E-state index >= 15 is 0 Å². The molecule has 0 spiro atoms. The number of carbonyl (C=O) groups excluding carboxylic acids is 1. The summed E-state index contributed by atoms with van der Waals surface area (Å²) in [5.41, 5.74) is 4.00. The van der Waals surface area contributed by atoms with Crippen molar-refractivity contribution in [3.63, 3.8) is 0 Å². The van der Waals surface area contributed by atoms with Gasteiger partial charge in [0.1, 0.15) is 5.82 Å². The van der Waals surface area contributed by atoms with E-state index < -0.39 is 0 Å². The van der Waals surface area contributed by atoms with Crippen LogP contribution in [-0.4, -0.2) is 10.9 Å². The number of aldehydes is 1. The highest BCUT2D eigenvalue weighted by molar-refractivity contribution is 5.77. The predicted octanol–water partition coefficient (Wildman–Crippen LogP) is 3.35. The van der Waals surface area contributed by atoms with Crippen LogP contribution in [0, 0.1) is 26.6 Å². The van der Waals surface area contributed by atoms with E-state index in [0.717, 1.165) is 23.4 Å². The van der Waals surface area contributed by atoms with Crippen LogP contribution in [0.5, 0.6) is 0 Å². The van der Waals surface area contributed by atoms with E-state index in [-0.39, 0.29) is 5.82 Å². The van der Waals surface area contributed by atoms with Gasteiger partial charge in [-0.05, 0) is 50.6 Å². The lowest BCUT2D eigenvalue weighted by atomic mass is 10.2. The van der Waals surface area contributed by atoms with Gasteiger partial charge in [0.05, 0.1) is 0 Å². The molecule has 88 valence electrons. The van der Waals surface area contributed by atoms with E-state index in [0.29, 0.717) is 11.1 Å². The van der Waals surface area contributed by atoms with Crippen molar-refractivity contribution in [3.05, 3.63) is 52.6 Å². The Morgan fingerprint density at radius 1 is 1.18 bits per heavy atom. The molecule has 0 unspecified atom stereocenters. The van der Waals surface area contributed by atoms with Crippen molar-refractivity contribution in [1.29, 1.82) is 0 Å². The average Bonchev–Trinajstić information content (AvgIpc) is 2.58. The van der Waals surface area contributed by atoms with E-state index in [1.807, 2.05) is 24.5 Å². The van der Waals surface area contributed by atoms with Crippen LogP contribution >= 0.6 is 0 Å². The third kappa shape index (κ3) is 1.88. The smallest absolute Gasteiger partial charge is 0.151 e. The van der Waals surface area contributed by atoms with Crippen molar-refractivity contribution < 1.29 is 9.18 Å². The summed E-state index contributed by atoms with van der Waals surface area (Å²) in [6.07, 6.45) is 0.842. The molecule has 0 saturated carbocycles. The molecule has 0 atom stereocenters. The van der Waals surface area contributed by atoms with Crippen LogP contribution in [0.2, 0.25) is 0 Å². The second kappa shape index (κ2) is 4.17. The van der Waals surface area contributed by atoms with Crippen molar-refractivity contribution in [2.24, 2.45) is 0 Å². The van der Waals surface area contributed by atoms with Crippen molar-refractivity contribution in [2.45, 2.75) is 20.8 Å². The Bertz CT molecular complexity index is 584. The van der Waals surface area contributed by atoms with Gasteiger partial charge in [0.2, 0.25) is 0 Å². The van der Waals surface area contributed by atoms with Gasteiger partial charge in [0.15, 0.2) is 6.29 Å². The molecule has 2 rings (SSSR count). The van der Waals surface area contributed by atoms with Gasteiger partial charge in [-0.15, -0.1) is 0 Å². The molecule has 0 aliphatic rings. The Morgan fingerprint density at radius 3 is 2.41 bits per heavy atom. The highest BCUT2D eigenvalue weighted by atomic mass is 19.1. The minimum atomic E-state index is -0.216. The Balaban J connectivity index is 2.63. The predicted molar refractivity (Wildman–Crippen MR) is 65.3 cm³/mol. The molecule has 1 aromatic carbocycles. The number of aryl methyl sites for hydroxylation is 2. The number of halogens is 1. The third-order valence-corrected chi connectivity index (χ3v) is 3.00. The molecule has 2 aromatic rings. The van der Waals surface area contributed by atoms with Gasteiger partial charge in [-0.1, -0.05) is 0 Å². The normalized spacial score (nSPS) is 10.6. The molecule has 0 N–H and O–H groups in total. The zero-order chi connectivity index (χ0) is 12.6. The molecular formula is C14H14FNO. The van der Waals surface area contributed by atoms with Crippen LogP contribution in [0.1, 0.15) is 27.3 Å². The van der Waals surface area contributed by atoms with E-state index in [9.17, 15) is 9.18 Å². The summed E-state index contributed by atoms with van der Waals surface area (Å²) in [5, 5.41) is 0. The van der Waals surface area contributed by atoms with Gasteiger partial charge in [0, 0.05) is 22.6 Å². The van der Waals surface area contributed by atoms with Crippen molar-refractivity contribution in [2.75, 3.05) is 0 Å². The lowest BCUT2D eigenvalue weighted by Crippen LogP contribution is -2.00. The quantitative estimate of drug-likeness (QED) is 0.726. The van der Waals surface area contributed by atoms with Crippen molar-refractivity contribution in [1.82, 2.24) is 4.57 Å². The number of carbonyl (C=O) groups is 1. The molecule has 0 bridgehead atoms. The monoisotopic (exact) mass is 231 g/mol. The largest absolute Gasteiger partial charge is 0.318 e. The first-order valence-corrected chi connectivity index (χ1v) is 5.45. The highest BCUT2D eigenvalue weighted by Gasteiger charge is 2.10. The molecule has 0 amide bonds. The summed E-state index contributed by atoms with van der Waals surface area (Å²) < 4.78 is 15.2. The maximum absolute atomic E-state index is 13.2. The molecule has 0 saturated heterocycles. The van der Waals surface area contributed by atoms with Crippen LogP contribution in [0.3, 0.4) is 0 Å². The minimum absolute atomic E-state index is 0.216. The lowest BCUT2D eigenvalue weighted by molar-refractivity contribution is 0.112. The highest BCUT2D eigenvalue weighted by Crippen LogP contribution is 2.21. The van der Waals surface area contributed by atoms with E-state index in [1.54, 1.807) is 19.1 Å². The van der Waals surface area contributed by atoms with Gasteiger partial charge >= 0.3 is 0 Å². The number of benzene rings is 1. The van der Waals surface area contributed by atoms with Crippen LogP contribution in [0.15, 0.2) is 24.3 Å². The summed E-state index contributed by atoms with van der Waals surface area (Å²) >= 11 is 0. The molecule has 1 heterocycles. The second-order valence-corrected chi connectivity index (χ2v) is 4.21. The van der Waals surface area contributed by atoms with Crippen molar-refractivity contribution >= 4 is 6.29 Å².